The van der Waals surface area contributed by atoms with Gasteiger partial charge in [0.2, 0.25) is 0 Å². The Balaban J connectivity index is 1.58. The first-order valence-electron chi connectivity index (χ1n) is 10.8. The molecule has 33 heavy (non-hydrogen) atoms. The molecule has 1 nitrogen and oxygen atoms in total. The van der Waals surface area contributed by atoms with Crippen LogP contribution in [0.2, 0.25) is 0 Å². The number of hydrogen-bond donors (Lipinski definition) is 0. The fourth-order valence-corrected chi connectivity index (χ4v) is 4.42. The van der Waals surface area contributed by atoms with E-state index in [-0.39, 0.29) is 5.56 Å². The third-order valence-corrected chi connectivity index (χ3v) is 6.22. The molecular formula is C26H22F6O. The van der Waals surface area contributed by atoms with Crippen LogP contribution < -0.4 is 4.74 Å². The van der Waals surface area contributed by atoms with Crippen LogP contribution in [0.4, 0.5) is 26.3 Å². The fraction of sp³-hybridized carbons (Fsp3) is 0.308. The van der Waals surface area contributed by atoms with Gasteiger partial charge in [-0.15, -0.1) is 13.2 Å². The molecule has 7 heteroatoms. The summed E-state index contributed by atoms with van der Waals surface area (Å²) in [5, 5.41) is 0. The van der Waals surface area contributed by atoms with Gasteiger partial charge in [0, 0.05) is 0 Å². The molecule has 0 heterocycles. The van der Waals surface area contributed by atoms with Gasteiger partial charge in [-0.1, -0.05) is 50.1 Å². The molecule has 0 bridgehead atoms. The Morgan fingerprint density at radius 3 is 1.79 bits per heavy atom. The average molecular weight is 464 g/mol. The molecule has 0 radical (unpaired) electrons. The first kappa shape index (κ1) is 23.2. The minimum atomic E-state index is -5.08. The number of ether oxygens (including phenoxy) is 1. The Morgan fingerprint density at radius 2 is 1.24 bits per heavy atom. The van der Waals surface area contributed by atoms with Crippen LogP contribution >= 0.6 is 0 Å². The van der Waals surface area contributed by atoms with Gasteiger partial charge in [0.05, 0.1) is 5.56 Å². The molecule has 3 aromatic rings. The molecule has 1 fully saturated rings. The van der Waals surface area contributed by atoms with Crippen molar-refractivity contribution in [1.29, 1.82) is 0 Å². The maximum absolute atomic E-state index is 14.8. The number of halogens is 6. The molecule has 0 aliphatic heterocycles. The van der Waals surface area contributed by atoms with E-state index in [9.17, 15) is 26.3 Å². The Labute approximate surface area is 188 Å². The van der Waals surface area contributed by atoms with Crippen LogP contribution in [0, 0.1) is 23.4 Å². The lowest BCUT2D eigenvalue weighted by Crippen LogP contribution is -2.17. The Bertz CT molecular complexity index is 1110. The summed E-state index contributed by atoms with van der Waals surface area (Å²) < 4.78 is 84.2. The molecule has 0 N–H and O–H groups in total. The predicted molar refractivity (Wildman–Crippen MR) is 114 cm³/mol. The molecule has 1 saturated carbocycles. The van der Waals surface area contributed by atoms with Gasteiger partial charge in [0.25, 0.3) is 0 Å². The Morgan fingerprint density at radius 1 is 0.697 bits per heavy atom. The second kappa shape index (κ2) is 9.12. The van der Waals surface area contributed by atoms with E-state index in [1.165, 1.54) is 18.4 Å². The standard InChI is InChI=1S/C26H22F6O/c1-15-2-4-16(5-3-15)17-6-8-18(9-7-17)20-13-22(28)25(23(29)14-20)19-10-11-24(21(27)12-19)33-26(30,31)32/h6-16H,2-5H2,1H3. The molecule has 3 aromatic carbocycles. The lowest BCUT2D eigenvalue weighted by Gasteiger charge is -2.26. The fourth-order valence-electron chi connectivity index (χ4n) is 4.42. The van der Waals surface area contributed by atoms with E-state index in [0.717, 1.165) is 37.0 Å². The smallest absolute Gasteiger partial charge is 0.403 e. The van der Waals surface area contributed by atoms with Crippen molar-refractivity contribution in [2.75, 3.05) is 0 Å². The summed E-state index contributed by atoms with van der Waals surface area (Å²) in [5.74, 6) is -3.10. The minimum absolute atomic E-state index is 0.231. The lowest BCUT2D eigenvalue weighted by molar-refractivity contribution is -0.275. The highest BCUT2D eigenvalue weighted by molar-refractivity contribution is 5.72. The summed E-state index contributed by atoms with van der Waals surface area (Å²) in [6.45, 7) is 2.26. The summed E-state index contributed by atoms with van der Waals surface area (Å²) in [5.41, 5.74) is 1.40. The number of hydrogen-bond acceptors (Lipinski definition) is 1. The molecule has 0 spiro atoms. The zero-order valence-corrected chi connectivity index (χ0v) is 17.9. The van der Waals surface area contributed by atoms with Crippen molar-refractivity contribution < 1.29 is 31.1 Å². The van der Waals surface area contributed by atoms with E-state index in [2.05, 4.69) is 11.7 Å². The van der Waals surface area contributed by atoms with Gasteiger partial charge in [0.15, 0.2) is 11.6 Å². The number of rotatable bonds is 4. The molecule has 0 amide bonds. The first-order valence-corrected chi connectivity index (χ1v) is 10.8. The third-order valence-electron chi connectivity index (χ3n) is 6.22. The summed E-state index contributed by atoms with van der Waals surface area (Å²) in [7, 11) is 0. The van der Waals surface area contributed by atoms with Crippen LogP contribution in [0.3, 0.4) is 0 Å². The quantitative estimate of drug-likeness (QED) is 0.351. The van der Waals surface area contributed by atoms with E-state index >= 15 is 0 Å². The molecular weight excluding hydrogens is 442 g/mol. The number of alkyl halides is 3. The summed E-state index contributed by atoms with van der Waals surface area (Å²) in [4.78, 5) is 0. The third kappa shape index (κ3) is 5.34. The summed E-state index contributed by atoms with van der Waals surface area (Å²) in [6.07, 6.45) is -0.447. The normalized spacial score (nSPS) is 18.9. The van der Waals surface area contributed by atoms with Crippen molar-refractivity contribution in [3.05, 3.63) is 77.6 Å². The van der Waals surface area contributed by atoms with E-state index < -0.39 is 35.1 Å². The molecule has 0 atom stereocenters. The highest BCUT2D eigenvalue weighted by Crippen LogP contribution is 2.37. The van der Waals surface area contributed by atoms with Crippen molar-refractivity contribution in [1.82, 2.24) is 0 Å². The van der Waals surface area contributed by atoms with Crippen LogP contribution in [0.1, 0.15) is 44.1 Å². The highest BCUT2D eigenvalue weighted by Gasteiger charge is 2.32. The Hall–Kier alpha value is -2.96. The minimum Gasteiger partial charge on any atom is -0.403 e. The van der Waals surface area contributed by atoms with Crippen LogP contribution in [0.15, 0.2) is 54.6 Å². The van der Waals surface area contributed by atoms with Crippen LogP contribution in [-0.4, -0.2) is 6.36 Å². The van der Waals surface area contributed by atoms with Gasteiger partial charge in [0.1, 0.15) is 11.6 Å². The van der Waals surface area contributed by atoms with Crippen LogP contribution in [-0.2, 0) is 0 Å². The SMILES string of the molecule is CC1CCC(c2ccc(-c3cc(F)c(-c4ccc(OC(F)(F)F)c(F)c4)c(F)c3)cc2)CC1. The predicted octanol–water partition coefficient (Wildman–Crippen LogP) is 8.63. The molecule has 174 valence electrons. The number of benzene rings is 3. The summed E-state index contributed by atoms with van der Waals surface area (Å²) >= 11 is 0. The van der Waals surface area contributed by atoms with E-state index in [4.69, 9.17) is 0 Å². The topological polar surface area (TPSA) is 9.23 Å². The van der Waals surface area contributed by atoms with Gasteiger partial charge in [-0.25, -0.2) is 13.2 Å². The molecule has 0 aromatic heterocycles. The van der Waals surface area contributed by atoms with Crippen molar-refractivity contribution in [3.63, 3.8) is 0 Å². The second-order valence-electron chi connectivity index (χ2n) is 8.59. The van der Waals surface area contributed by atoms with Crippen molar-refractivity contribution in [3.8, 4) is 28.0 Å². The maximum Gasteiger partial charge on any atom is 0.573 e. The van der Waals surface area contributed by atoms with Gasteiger partial charge < -0.3 is 4.74 Å². The van der Waals surface area contributed by atoms with Gasteiger partial charge in [-0.3, -0.25) is 0 Å². The molecule has 0 saturated heterocycles. The van der Waals surface area contributed by atoms with Crippen molar-refractivity contribution in [2.45, 2.75) is 44.9 Å². The molecule has 0 unspecified atom stereocenters. The van der Waals surface area contributed by atoms with Gasteiger partial charge in [-0.05, 0) is 71.2 Å². The maximum atomic E-state index is 14.8. The second-order valence-corrected chi connectivity index (χ2v) is 8.59. The summed E-state index contributed by atoms with van der Waals surface area (Å²) in [6, 6.07) is 12.2. The zero-order chi connectivity index (χ0) is 23.8. The Kier molecular flexibility index (Phi) is 6.41. The van der Waals surface area contributed by atoms with E-state index in [1.54, 1.807) is 0 Å². The first-order chi connectivity index (χ1) is 15.6. The van der Waals surface area contributed by atoms with Crippen LogP contribution in [0.25, 0.3) is 22.3 Å². The zero-order valence-electron chi connectivity index (χ0n) is 17.9. The molecule has 1 aliphatic rings. The van der Waals surface area contributed by atoms with Gasteiger partial charge in [-0.2, -0.15) is 0 Å². The van der Waals surface area contributed by atoms with Crippen molar-refractivity contribution >= 4 is 0 Å². The largest absolute Gasteiger partial charge is 0.573 e. The van der Waals surface area contributed by atoms with Crippen LogP contribution in [0.5, 0.6) is 5.75 Å². The average Bonchev–Trinajstić information content (AvgIpc) is 2.75. The molecule has 1 aliphatic carbocycles. The van der Waals surface area contributed by atoms with Crippen molar-refractivity contribution in [2.24, 2.45) is 5.92 Å². The monoisotopic (exact) mass is 464 g/mol. The van der Waals surface area contributed by atoms with E-state index in [0.29, 0.717) is 29.2 Å². The molecule has 4 rings (SSSR count). The van der Waals surface area contributed by atoms with Gasteiger partial charge >= 0.3 is 6.36 Å². The highest BCUT2D eigenvalue weighted by atomic mass is 19.4. The lowest BCUT2D eigenvalue weighted by atomic mass is 9.79. The van der Waals surface area contributed by atoms with E-state index in [1.807, 2.05) is 24.3 Å².